The summed E-state index contributed by atoms with van der Waals surface area (Å²) < 4.78 is 22.7. The number of aliphatic carboxylic acids is 1. The predicted molar refractivity (Wildman–Crippen MR) is 67.8 cm³/mol. The van der Waals surface area contributed by atoms with E-state index in [9.17, 15) is 13.2 Å². The molecule has 4 N–H and O–H groups in total. The summed E-state index contributed by atoms with van der Waals surface area (Å²) in [5.41, 5.74) is 0.209. The predicted octanol–water partition coefficient (Wildman–Crippen LogP) is 0.999. The SMILES string of the molecule is CCCC(Nc1ccccc1S(N)(=O)=O)C(=O)O. The molecule has 0 aromatic heterocycles. The molecule has 0 saturated carbocycles. The smallest absolute Gasteiger partial charge is 0.326 e. The number of nitrogens with two attached hydrogens (primary N) is 1. The molecule has 0 fully saturated rings. The fraction of sp³-hybridized carbons (Fsp3) is 0.364. The minimum Gasteiger partial charge on any atom is -0.480 e. The first-order valence-electron chi connectivity index (χ1n) is 5.47. The minimum absolute atomic E-state index is 0.104. The fourth-order valence-electron chi connectivity index (χ4n) is 1.57. The average Bonchev–Trinajstić information content (AvgIpc) is 2.27. The highest BCUT2D eigenvalue weighted by atomic mass is 32.2. The zero-order valence-electron chi connectivity index (χ0n) is 9.96. The molecule has 0 spiro atoms. The number of primary sulfonamides is 1. The molecule has 1 aromatic carbocycles. The molecule has 1 rings (SSSR count). The summed E-state index contributed by atoms with van der Waals surface area (Å²) in [6.45, 7) is 1.85. The third kappa shape index (κ3) is 3.71. The van der Waals surface area contributed by atoms with Crippen molar-refractivity contribution < 1.29 is 18.3 Å². The van der Waals surface area contributed by atoms with Gasteiger partial charge in [-0.25, -0.2) is 18.4 Å². The summed E-state index contributed by atoms with van der Waals surface area (Å²) in [6.07, 6.45) is 1.07. The molecule has 18 heavy (non-hydrogen) atoms. The summed E-state index contributed by atoms with van der Waals surface area (Å²) in [6, 6.07) is 5.13. The van der Waals surface area contributed by atoms with Crippen molar-refractivity contribution in [3.63, 3.8) is 0 Å². The summed E-state index contributed by atoms with van der Waals surface area (Å²) in [5.74, 6) is -1.03. The van der Waals surface area contributed by atoms with Gasteiger partial charge in [0.05, 0.1) is 5.69 Å². The normalized spacial score (nSPS) is 13.0. The maximum Gasteiger partial charge on any atom is 0.326 e. The van der Waals surface area contributed by atoms with Crippen LogP contribution in [0, 0.1) is 0 Å². The number of hydrogen-bond donors (Lipinski definition) is 3. The van der Waals surface area contributed by atoms with Crippen molar-refractivity contribution in [1.82, 2.24) is 0 Å². The Morgan fingerprint density at radius 3 is 2.56 bits per heavy atom. The zero-order chi connectivity index (χ0) is 13.8. The first kappa shape index (κ1) is 14.5. The Morgan fingerprint density at radius 1 is 1.44 bits per heavy atom. The summed E-state index contributed by atoms with van der Waals surface area (Å²) in [5, 5.41) is 16.8. The molecule has 1 unspecified atom stereocenters. The average molecular weight is 272 g/mol. The van der Waals surface area contributed by atoms with Gasteiger partial charge in [-0.05, 0) is 18.6 Å². The molecular formula is C11H16N2O4S. The van der Waals surface area contributed by atoms with Crippen LogP contribution < -0.4 is 10.5 Å². The molecular weight excluding hydrogens is 256 g/mol. The van der Waals surface area contributed by atoms with Crippen molar-refractivity contribution in [1.29, 1.82) is 0 Å². The molecule has 0 amide bonds. The van der Waals surface area contributed by atoms with E-state index < -0.39 is 22.0 Å². The van der Waals surface area contributed by atoms with E-state index in [0.717, 1.165) is 0 Å². The van der Waals surface area contributed by atoms with Crippen LogP contribution in [0.25, 0.3) is 0 Å². The lowest BCUT2D eigenvalue weighted by atomic mass is 10.1. The van der Waals surface area contributed by atoms with E-state index in [1.54, 1.807) is 6.07 Å². The Labute approximate surface area is 106 Å². The Kier molecular flexibility index (Phi) is 4.69. The number of rotatable bonds is 6. The number of sulfonamides is 1. The third-order valence-electron chi connectivity index (χ3n) is 2.40. The van der Waals surface area contributed by atoms with E-state index in [1.165, 1.54) is 18.2 Å². The molecule has 0 aliphatic rings. The van der Waals surface area contributed by atoms with Crippen LogP contribution in [0.15, 0.2) is 29.2 Å². The van der Waals surface area contributed by atoms with Gasteiger partial charge in [0.15, 0.2) is 0 Å². The lowest BCUT2D eigenvalue weighted by Gasteiger charge is -2.16. The molecule has 0 aliphatic carbocycles. The van der Waals surface area contributed by atoms with Crippen LogP contribution in [0.1, 0.15) is 19.8 Å². The second kappa shape index (κ2) is 5.83. The molecule has 0 saturated heterocycles. The maximum atomic E-state index is 11.4. The van der Waals surface area contributed by atoms with Gasteiger partial charge in [0, 0.05) is 0 Å². The first-order valence-corrected chi connectivity index (χ1v) is 7.02. The van der Waals surface area contributed by atoms with Crippen molar-refractivity contribution in [3.8, 4) is 0 Å². The molecule has 0 radical (unpaired) electrons. The second-order valence-electron chi connectivity index (χ2n) is 3.87. The summed E-state index contributed by atoms with van der Waals surface area (Å²) >= 11 is 0. The van der Waals surface area contributed by atoms with Crippen LogP contribution in [0.3, 0.4) is 0 Å². The fourth-order valence-corrected chi connectivity index (χ4v) is 2.27. The minimum atomic E-state index is -3.88. The molecule has 0 heterocycles. The van der Waals surface area contributed by atoms with E-state index >= 15 is 0 Å². The highest BCUT2D eigenvalue weighted by molar-refractivity contribution is 7.89. The van der Waals surface area contributed by atoms with Crippen molar-refractivity contribution >= 4 is 21.7 Å². The van der Waals surface area contributed by atoms with Gasteiger partial charge in [-0.3, -0.25) is 0 Å². The van der Waals surface area contributed by atoms with Crippen LogP contribution in [0.2, 0.25) is 0 Å². The van der Waals surface area contributed by atoms with Gasteiger partial charge >= 0.3 is 5.97 Å². The molecule has 100 valence electrons. The molecule has 7 heteroatoms. The first-order chi connectivity index (χ1) is 8.36. The summed E-state index contributed by atoms with van der Waals surface area (Å²) in [4.78, 5) is 10.9. The molecule has 1 aromatic rings. The van der Waals surface area contributed by atoms with Crippen LogP contribution >= 0.6 is 0 Å². The standard InChI is InChI=1S/C11H16N2O4S/c1-2-5-9(11(14)15)13-8-6-3-4-7-10(8)18(12,16)17/h3-4,6-7,9,13H,2,5H2,1H3,(H,14,15)(H2,12,16,17). The Morgan fingerprint density at radius 2 is 2.06 bits per heavy atom. The Hall–Kier alpha value is -1.60. The number of carboxylic acids is 1. The van der Waals surface area contributed by atoms with Gasteiger partial charge in [-0.1, -0.05) is 25.5 Å². The van der Waals surface area contributed by atoms with Crippen molar-refractivity contribution in [2.24, 2.45) is 5.14 Å². The Bertz CT molecular complexity index is 528. The Balaban J connectivity index is 3.07. The van der Waals surface area contributed by atoms with E-state index in [1.807, 2.05) is 6.92 Å². The number of anilines is 1. The van der Waals surface area contributed by atoms with Gasteiger partial charge in [0.25, 0.3) is 0 Å². The number of para-hydroxylation sites is 1. The third-order valence-corrected chi connectivity index (χ3v) is 3.37. The largest absolute Gasteiger partial charge is 0.480 e. The van der Waals surface area contributed by atoms with Crippen molar-refractivity contribution in [2.75, 3.05) is 5.32 Å². The maximum absolute atomic E-state index is 11.4. The summed E-state index contributed by atoms with van der Waals surface area (Å²) in [7, 11) is -3.88. The second-order valence-corrected chi connectivity index (χ2v) is 5.39. The molecule has 0 bridgehead atoms. The van der Waals surface area contributed by atoms with E-state index in [0.29, 0.717) is 12.8 Å². The molecule has 1 atom stereocenters. The molecule has 6 nitrogen and oxygen atoms in total. The van der Waals surface area contributed by atoms with Gasteiger partial charge in [-0.2, -0.15) is 0 Å². The van der Waals surface area contributed by atoms with E-state index in [2.05, 4.69) is 5.32 Å². The number of nitrogens with one attached hydrogen (secondary N) is 1. The number of carboxylic acid groups (broad SMARTS) is 1. The van der Waals surface area contributed by atoms with Crippen LogP contribution in [-0.4, -0.2) is 25.5 Å². The van der Waals surface area contributed by atoms with E-state index in [-0.39, 0.29) is 10.6 Å². The topological polar surface area (TPSA) is 109 Å². The quantitative estimate of drug-likeness (QED) is 0.715. The van der Waals surface area contributed by atoms with Crippen molar-refractivity contribution in [3.05, 3.63) is 24.3 Å². The van der Waals surface area contributed by atoms with Crippen LogP contribution in [-0.2, 0) is 14.8 Å². The van der Waals surface area contributed by atoms with Gasteiger partial charge in [0.2, 0.25) is 10.0 Å². The highest BCUT2D eigenvalue weighted by Gasteiger charge is 2.20. The van der Waals surface area contributed by atoms with Gasteiger partial charge < -0.3 is 10.4 Å². The van der Waals surface area contributed by atoms with E-state index in [4.69, 9.17) is 10.2 Å². The molecule has 0 aliphatic heterocycles. The lowest BCUT2D eigenvalue weighted by molar-refractivity contribution is -0.138. The van der Waals surface area contributed by atoms with Gasteiger partial charge in [0.1, 0.15) is 10.9 Å². The number of benzene rings is 1. The lowest BCUT2D eigenvalue weighted by Crippen LogP contribution is -2.30. The van der Waals surface area contributed by atoms with Crippen LogP contribution in [0.5, 0.6) is 0 Å². The highest BCUT2D eigenvalue weighted by Crippen LogP contribution is 2.21. The van der Waals surface area contributed by atoms with Crippen molar-refractivity contribution in [2.45, 2.75) is 30.7 Å². The monoisotopic (exact) mass is 272 g/mol. The van der Waals surface area contributed by atoms with Gasteiger partial charge in [-0.15, -0.1) is 0 Å². The number of carbonyl (C=O) groups is 1. The number of hydrogen-bond acceptors (Lipinski definition) is 4. The zero-order valence-corrected chi connectivity index (χ0v) is 10.8. The van der Waals surface area contributed by atoms with Crippen LogP contribution in [0.4, 0.5) is 5.69 Å².